The number of hydrogen-bond donors (Lipinski definition) is 4. The zero-order valence-electron chi connectivity index (χ0n) is 25.6. The number of guanidine groups is 1. The Kier molecular flexibility index (Phi) is 14.4. The third-order valence-electron chi connectivity index (χ3n) is 6.09. The molecule has 1 aromatic rings. The van der Waals surface area contributed by atoms with Crippen molar-refractivity contribution < 1.29 is 65.5 Å². The van der Waals surface area contributed by atoms with E-state index in [0.717, 1.165) is 23.8 Å². The topological polar surface area (TPSA) is 273 Å². The van der Waals surface area contributed by atoms with Gasteiger partial charge in [0, 0.05) is 25.1 Å². The van der Waals surface area contributed by atoms with Crippen LogP contribution in [0.25, 0.3) is 0 Å². The van der Waals surface area contributed by atoms with E-state index in [4.69, 9.17) is 24.6 Å². The van der Waals surface area contributed by atoms with Crippen LogP contribution in [0, 0.1) is 5.41 Å². The monoisotopic (exact) mass is 704 g/mol. The zero-order valence-corrected chi connectivity index (χ0v) is 28.0. The molecule has 5 N–H and O–H groups in total. The predicted octanol–water partition coefficient (Wildman–Crippen LogP) is 0.654. The Morgan fingerprint density at radius 3 is 2.18 bits per heavy atom. The second kappa shape index (κ2) is 16.1. The van der Waals surface area contributed by atoms with E-state index in [1.54, 1.807) is 26.0 Å². The Bertz CT molecular complexity index is 1550. The van der Waals surface area contributed by atoms with Gasteiger partial charge in [-0.2, -0.15) is 16.8 Å². The number of carbonyl (C=O) groups is 1. The Labute approximate surface area is 263 Å². The average molecular weight is 705 g/mol. The van der Waals surface area contributed by atoms with Crippen LogP contribution in [-0.2, 0) is 55.7 Å². The van der Waals surface area contributed by atoms with Crippen molar-refractivity contribution >= 4 is 43.1 Å². The summed E-state index contributed by atoms with van der Waals surface area (Å²) < 4.78 is 116. The highest BCUT2D eigenvalue weighted by atomic mass is 32.3. The first-order chi connectivity index (χ1) is 20.3. The number of rotatable bonds is 18. The van der Waals surface area contributed by atoms with Crippen molar-refractivity contribution in [3.8, 4) is 5.75 Å². The van der Waals surface area contributed by atoms with Crippen molar-refractivity contribution in [1.29, 1.82) is 5.41 Å². The molecule has 0 spiro atoms. The van der Waals surface area contributed by atoms with Crippen LogP contribution < -0.4 is 9.92 Å². The van der Waals surface area contributed by atoms with Crippen molar-refractivity contribution in [3.05, 3.63) is 41.0 Å². The van der Waals surface area contributed by atoms with Gasteiger partial charge in [-0.05, 0) is 44.9 Å². The second-order valence-corrected chi connectivity index (χ2v) is 14.1. The number of esters is 1. The van der Waals surface area contributed by atoms with Gasteiger partial charge in [-0.25, -0.2) is 17.4 Å². The molecule has 0 saturated carbocycles. The van der Waals surface area contributed by atoms with Crippen molar-refractivity contribution in [1.82, 2.24) is 4.90 Å². The summed E-state index contributed by atoms with van der Waals surface area (Å²) in [6.45, 7) is 4.65. The van der Waals surface area contributed by atoms with Crippen molar-refractivity contribution in [2.75, 3.05) is 34.2 Å². The van der Waals surface area contributed by atoms with Crippen molar-refractivity contribution in [2.45, 2.75) is 58.5 Å². The van der Waals surface area contributed by atoms with E-state index in [0.29, 0.717) is 19.5 Å². The van der Waals surface area contributed by atoms with E-state index in [2.05, 4.69) is 8.37 Å². The molecule has 1 rings (SSSR count). The van der Waals surface area contributed by atoms with Gasteiger partial charge in [-0.3, -0.25) is 18.7 Å². The quantitative estimate of drug-likeness (QED) is 0.0311. The molecule has 0 aromatic heterocycles. The molecule has 0 aliphatic heterocycles. The lowest BCUT2D eigenvalue weighted by molar-refractivity contribution is -0.887. The molecular weight excluding hydrogens is 664 g/mol. The van der Waals surface area contributed by atoms with Crippen LogP contribution in [0.4, 0.5) is 0 Å². The largest absolute Gasteiger partial charge is 0.726 e. The summed E-state index contributed by atoms with van der Waals surface area (Å²) in [4.78, 5) is 15.0. The number of nitrogens with zero attached hydrogens (tertiary/aromatic N) is 2. The number of ether oxygens (including phenoxy) is 1. The molecule has 45 heavy (non-hydrogen) atoms. The van der Waals surface area contributed by atoms with E-state index >= 15 is 0 Å². The SMILES string of the molecule is CC(C)=CCN(CCCC(C(=O)OC(C)C(OS(=O)(=O)O)c1ccc(OS(=O)(=O)O)c(COS(=O)(=O)[O-])c1)[N+](C)(C)C)C(=N)N. The third-order valence-corrected chi connectivity index (χ3v) is 7.34. The summed E-state index contributed by atoms with van der Waals surface area (Å²) in [7, 11) is -10.5. The van der Waals surface area contributed by atoms with Crippen molar-refractivity contribution in [2.24, 2.45) is 5.73 Å². The molecule has 3 unspecified atom stereocenters. The number of allylic oxidation sites excluding steroid dienone is 1. The maximum Gasteiger partial charge on any atom is 0.446 e. The summed E-state index contributed by atoms with van der Waals surface area (Å²) in [5.74, 6) is -1.64. The summed E-state index contributed by atoms with van der Waals surface area (Å²) in [5, 5.41) is 7.80. The summed E-state index contributed by atoms with van der Waals surface area (Å²) in [6, 6.07) is 1.94. The highest BCUT2D eigenvalue weighted by Gasteiger charge is 2.37. The van der Waals surface area contributed by atoms with E-state index in [1.807, 2.05) is 19.9 Å². The highest BCUT2D eigenvalue weighted by Crippen LogP contribution is 2.31. The lowest BCUT2D eigenvalue weighted by Gasteiger charge is -2.34. The third kappa shape index (κ3) is 15.8. The maximum atomic E-state index is 13.4. The van der Waals surface area contributed by atoms with Crippen LogP contribution in [-0.4, -0.2) is 107 Å². The van der Waals surface area contributed by atoms with Gasteiger partial charge < -0.3 is 28.6 Å². The van der Waals surface area contributed by atoms with Crippen LogP contribution in [0.1, 0.15) is 50.8 Å². The number of likely N-dealkylation sites (N-methyl/N-ethyl adjacent to an activating group) is 1. The van der Waals surface area contributed by atoms with Crippen LogP contribution in [0.5, 0.6) is 5.75 Å². The minimum absolute atomic E-state index is 0.0796. The smallest absolute Gasteiger partial charge is 0.446 e. The average Bonchev–Trinajstić information content (AvgIpc) is 2.83. The number of benzene rings is 1. The first kappa shape index (κ1) is 40.1. The van der Waals surface area contributed by atoms with E-state index in [-0.39, 0.29) is 22.4 Å². The van der Waals surface area contributed by atoms with Crippen LogP contribution in [0.15, 0.2) is 29.8 Å². The number of quaternary nitrogens is 1. The number of nitrogens with two attached hydrogens (primary N) is 1. The number of carbonyl (C=O) groups excluding carboxylic acids is 1. The molecule has 0 radical (unpaired) electrons. The van der Waals surface area contributed by atoms with Gasteiger partial charge in [0.2, 0.25) is 10.4 Å². The molecule has 0 heterocycles. The first-order valence-corrected chi connectivity index (χ1v) is 17.1. The van der Waals surface area contributed by atoms with Gasteiger partial charge in [0.15, 0.2) is 17.8 Å². The number of nitrogens with one attached hydrogen (secondary N) is 1. The lowest BCUT2D eigenvalue weighted by Crippen LogP contribution is -2.51. The molecular formula is C24H40N4O14S3. The molecule has 0 fully saturated rings. The van der Waals surface area contributed by atoms with Gasteiger partial charge in [-0.15, -0.1) is 0 Å². The van der Waals surface area contributed by atoms with Crippen LogP contribution >= 0.6 is 0 Å². The van der Waals surface area contributed by atoms with Gasteiger partial charge in [0.1, 0.15) is 12.2 Å². The van der Waals surface area contributed by atoms with E-state index in [1.165, 1.54) is 6.92 Å². The Morgan fingerprint density at radius 2 is 1.71 bits per heavy atom. The normalized spacial score (nSPS) is 14.6. The lowest BCUT2D eigenvalue weighted by atomic mass is 10.0. The molecule has 21 heteroatoms. The fourth-order valence-electron chi connectivity index (χ4n) is 3.98. The summed E-state index contributed by atoms with van der Waals surface area (Å²) in [6.07, 6.45) is -0.694. The molecule has 0 aliphatic carbocycles. The van der Waals surface area contributed by atoms with Gasteiger partial charge in [0.05, 0.1) is 27.7 Å². The van der Waals surface area contributed by atoms with E-state index in [9.17, 15) is 39.2 Å². The maximum absolute atomic E-state index is 13.4. The minimum Gasteiger partial charge on any atom is -0.726 e. The molecule has 18 nitrogen and oxygen atoms in total. The molecule has 258 valence electrons. The van der Waals surface area contributed by atoms with Gasteiger partial charge in [-0.1, -0.05) is 17.7 Å². The van der Waals surface area contributed by atoms with Crippen molar-refractivity contribution in [3.63, 3.8) is 0 Å². The Morgan fingerprint density at radius 1 is 1.11 bits per heavy atom. The second-order valence-electron chi connectivity index (χ2n) is 11.0. The standard InChI is InChI=1S/C24H40N4O14S3/c1-16(2)11-13-27(24(25)26)12-7-8-20(28(4,5)6)23(29)40-17(3)22(42-45(36,37)38)18-9-10-21(41-44(33,34)35)19(14-18)15-39-43(30,31)32/h9-11,14,17,20,22H,7-8,12-13,15H2,1-6H3,(H5-,25,26,30,31,32,33,34,35,36,37,38). The Hall–Kier alpha value is -2.89. The van der Waals surface area contributed by atoms with Gasteiger partial charge >= 0.3 is 26.8 Å². The molecule has 0 bridgehead atoms. The van der Waals surface area contributed by atoms with Gasteiger partial charge in [0.25, 0.3) is 0 Å². The molecule has 0 aliphatic rings. The molecule has 0 saturated heterocycles. The summed E-state index contributed by atoms with van der Waals surface area (Å²) >= 11 is 0. The highest BCUT2D eigenvalue weighted by molar-refractivity contribution is 7.81. The number of hydrogen-bond acceptors (Lipinski definition) is 13. The predicted molar refractivity (Wildman–Crippen MR) is 158 cm³/mol. The zero-order chi connectivity index (χ0) is 35.0. The van der Waals surface area contributed by atoms with Crippen LogP contribution in [0.3, 0.4) is 0 Å². The summed E-state index contributed by atoms with van der Waals surface area (Å²) in [5.41, 5.74) is 5.99. The Balaban J connectivity index is 3.36. The fraction of sp³-hybridized carbons (Fsp3) is 0.583. The minimum atomic E-state index is -5.31. The van der Waals surface area contributed by atoms with Crippen LogP contribution in [0.2, 0.25) is 0 Å². The fourth-order valence-corrected chi connectivity index (χ4v) is 5.17. The first-order valence-electron chi connectivity index (χ1n) is 13.1. The van der Waals surface area contributed by atoms with E-state index < -0.39 is 73.3 Å². The molecule has 3 atom stereocenters. The molecule has 0 amide bonds. The molecule has 1 aromatic carbocycles.